The number of carbonyl (C=O) groups is 1. The summed E-state index contributed by atoms with van der Waals surface area (Å²) in [6.45, 7) is 1.69. The fourth-order valence-corrected chi connectivity index (χ4v) is 4.06. The first kappa shape index (κ1) is 25.2. The number of carbonyl (C=O) groups excluding carboxylic acids is 1. The maximum Gasteiger partial charge on any atom is 0.292 e. The molecule has 0 radical (unpaired) electrons. The number of anilines is 1. The predicted octanol–water partition coefficient (Wildman–Crippen LogP) is 3.85. The second-order valence-electron chi connectivity index (χ2n) is 7.17. The minimum Gasteiger partial charge on any atom is -0.496 e. The van der Waals surface area contributed by atoms with E-state index >= 15 is 0 Å². The third kappa shape index (κ3) is 5.35. The van der Waals surface area contributed by atoms with Crippen LogP contribution in [0.3, 0.4) is 0 Å². The molecule has 36 heavy (non-hydrogen) atoms. The number of nitrogens with zero attached hydrogens (tertiary/aromatic N) is 6. The number of hydrazone groups is 1. The highest BCUT2D eigenvalue weighted by Gasteiger charge is 2.22. The lowest BCUT2D eigenvalue weighted by molar-refractivity contribution is 0.0946. The van der Waals surface area contributed by atoms with Crippen LogP contribution in [0, 0.1) is 6.92 Å². The van der Waals surface area contributed by atoms with E-state index in [0.29, 0.717) is 33.3 Å². The van der Waals surface area contributed by atoms with E-state index in [4.69, 9.17) is 50.0 Å². The number of rotatable bonds is 8. The van der Waals surface area contributed by atoms with E-state index in [0.717, 1.165) is 4.68 Å². The van der Waals surface area contributed by atoms with Crippen LogP contribution in [0.4, 0.5) is 5.82 Å². The van der Waals surface area contributed by atoms with Crippen molar-refractivity contribution in [2.75, 3.05) is 12.8 Å². The van der Waals surface area contributed by atoms with Gasteiger partial charge in [-0.25, -0.2) is 10.1 Å². The van der Waals surface area contributed by atoms with Gasteiger partial charge in [0, 0.05) is 10.6 Å². The van der Waals surface area contributed by atoms with Crippen LogP contribution in [0.1, 0.15) is 27.3 Å². The molecule has 2 aromatic carbocycles. The van der Waals surface area contributed by atoms with Gasteiger partial charge in [-0.15, -0.1) is 5.10 Å². The molecule has 0 atom stereocenters. The SMILES string of the molecule is COc1ccc(/C=N/NC(=O)c2c(C)nnn2-c2nonc2N)cc1COc1c(Cl)cc(Cl)cc1Cl. The first-order valence-electron chi connectivity index (χ1n) is 10.1. The van der Waals surface area contributed by atoms with Crippen LogP contribution in [0.15, 0.2) is 40.1 Å². The lowest BCUT2D eigenvalue weighted by atomic mass is 10.1. The van der Waals surface area contributed by atoms with E-state index in [1.807, 2.05) is 0 Å². The Hall–Kier alpha value is -3.87. The molecule has 12 nitrogen and oxygen atoms in total. The fraction of sp³-hybridized carbons (Fsp3) is 0.143. The molecule has 0 fully saturated rings. The average molecular weight is 552 g/mol. The topological polar surface area (TPSA) is 156 Å². The van der Waals surface area contributed by atoms with Crippen LogP contribution in [0.25, 0.3) is 5.82 Å². The standard InChI is InChI=1S/C21H17Cl3N8O4/c1-10-17(32(31-27-10)20-19(25)29-36-30-20)21(33)28-26-8-11-3-4-16(34-2)12(5-11)9-35-18-14(23)6-13(22)7-15(18)24/h3-8H,9H2,1-2H3,(H2,25,29)(H,28,33)/b26-8+. The highest BCUT2D eigenvalue weighted by molar-refractivity contribution is 6.40. The van der Waals surface area contributed by atoms with Crippen molar-refractivity contribution >= 4 is 52.7 Å². The summed E-state index contributed by atoms with van der Waals surface area (Å²) in [5.74, 6) is 0.249. The molecule has 1 amide bonds. The summed E-state index contributed by atoms with van der Waals surface area (Å²) >= 11 is 18.3. The second-order valence-corrected chi connectivity index (χ2v) is 8.42. The molecule has 0 bridgehead atoms. The lowest BCUT2D eigenvalue weighted by Gasteiger charge is -2.13. The van der Waals surface area contributed by atoms with Gasteiger partial charge in [-0.2, -0.15) is 9.78 Å². The first-order valence-corrected chi connectivity index (χ1v) is 11.2. The van der Waals surface area contributed by atoms with Gasteiger partial charge in [0.1, 0.15) is 12.4 Å². The fourth-order valence-electron chi connectivity index (χ4n) is 3.13. The summed E-state index contributed by atoms with van der Waals surface area (Å²) in [6, 6.07) is 8.31. The molecular formula is C21H17Cl3N8O4. The quantitative estimate of drug-likeness (QED) is 0.245. The van der Waals surface area contributed by atoms with Gasteiger partial charge in [-0.1, -0.05) is 40.0 Å². The summed E-state index contributed by atoms with van der Waals surface area (Å²) in [6.07, 6.45) is 1.44. The van der Waals surface area contributed by atoms with Crippen molar-refractivity contribution in [3.8, 4) is 17.3 Å². The van der Waals surface area contributed by atoms with Gasteiger partial charge in [0.15, 0.2) is 11.4 Å². The molecule has 0 saturated heterocycles. The number of aryl methyl sites for hydroxylation is 1. The van der Waals surface area contributed by atoms with Gasteiger partial charge in [0.05, 0.1) is 29.1 Å². The smallest absolute Gasteiger partial charge is 0.292 e. The first-order chi connectivity index (χ1) is 17.3. The number of nitrogens with two attached hydrogens (primary N) is 1. The third-order valence-corrected chi connectivity index (χ3v) is 5.55. The molecule has 0 spiro atoms. The van der Waals surface area contributed by atoms with Gasteiger partial charge < -0.3 is 15.2 Å². The number of halogens is 3. The molecule has 186 valence electrons. The molecule has 0 saturated carbocycles. The highest BCUT2D eigenvalue weighted by Crippen LogP contribution is 2.36. The Morgan fingerprint density at radius 1 is 1.22 bits per heavy atom. The van der Waals surface area contributed by atoms with Crippen LogP contribution in [-0.2, 0) is 6.61 Å². The normalized spacial score (nSPS) is 11.1. The van der Waals surface area contributed by atoms with E-state index in [9.17, 15) is 4.79 Å². The Kier molecular flexibility index (Phi) is 7.58. The molecule has 0 unspecified atom stereocenters. The van der Waals surface area contributed by atoms with Crippen LogP contribution in [-0.4, -0.2) is 44.5 Å². The van der Waals surface area contributed by atoms with Crippen molar-refractivity contribution in [2.24, 2.45) is 5.10 Å². The number of nitrogen functional groups attached to an aromatic ring is 1. The number of benzene rings is 2. The maximum absolute atomic E-state index is 12.7. The highest BCUT2D eigenvalue weighted by atomic mass is 35.5. The summed E-state index contributed by atoms with van der Waals surface area (Å²) in [5.41, 5.74) is 9.84. The molecule has 15 heteroatoms. The van der Waals surface area contributed by atoms with Crippen LogP contribution in [0.5, 0.6) is 11.5 Å². The largest absolute Gasteiger partial charge is 0.496 e. The molecule has 0 aliphatic rings. The maximum atomic E-state index is 12.7. The van der Waals surface area contributed by atoms with Crippen molar-refractivity contribution in [2.45, 2.75) is 13.5 Å². The van der Waals surface area contributed by atoms with Gasteiger partial charge in [0.2, 0.25) is 11.6 Å². The summed E-state index contributed by atoms with van der Waals surface area (Å²) in [5, 5.41) is 19.8. The van der Waals surface area contributed by atoms with Gasteiger partial charge >= 0.3 is 0 Å². The third-order valence-electron chi connectivity index (χ3n) is 4.77. The molecule has 3 N–H and O–H groups in total. The Balaban J connectivity index is 1.49. The molecule has 0 aliphatic carbocycles. The Labute approximate surface area is 218 Å². The van der Waals surface area contributed by atoms with E-state index in [2.05, 4.69) is 35.8 Å². The van der Waals surface area contributed by atoms with E-state index in [1.165, 1.54) is 25.5 Å². The number of amides is 1. The molecule has 4 rings (SSSR count). The van der Waals surface area contributed by atoms with E-state index in [1.54, 1.807) is 25.1 Å². The summed E-state index contributed by atoms with van der Waals surface area (Å²) < 4.78 is 16.9. The predicted molar refractivity (Wildman–Crippen MR) is 132 cm³/mol. The van der Waals surface area contributed by atoms with Crippen LogP contribution >= 0.6 is 34.8 Å². The van der Waals surface area contributed by atoms with Crippen LogP contribution < -0.4 is 20.6 Å². The molecular weight excluding hydrogens is 535 g/mol. The van der Waals surface area contributed by atoms with Crippen molar-refractivity contribution in [1.29, 1.82) is 0 Å². The summed E-state index contributed by atoms with van der Waals surface area (Å²) in [7, 11) is 1.53. The average Bonchev–Trinajstić information content (AvgIpc) is 3.43. The van der Waals surface area contributed by atoms with E-state index in [-0.39, 0.29) is 34.0 Å². The van der Waals surface area contributed by atoms with Crippen molar-refractivity contribution in [3.63, 3.8) is 0 Å². The van der Waals surface area contributed by atoms with Gasteiger partial charge in [-0.05, 0) is 53.1 Å². The zero-order chi connectivity index (χ0) is 25.8. The number of ether oxygens (including phenoxy) is 2. The minimum absolute atomic E-state index is 0.0328. The molecule has 0 aliphatic heterocycles. The lowest BCUT2D eigenvalue weighted by Crippen LogP contribution is -2.22. The van der Waals surface area contributed by atoms with E-state index < -0.39 is 5.91 Å². The number of hydrogen-bond acceptors (Lipinski definition) is 10. The molecule has 4 aromatic rings. The Morgan fingerprint density at radius 2 is 1.97 bits per heavy atom. The van der Waals surface area contributed by atoms with Crippen molar-refractivity contribution < 1.29 is 18.9 Å². The minimum atomic E-state index is -0.597. The molecule has 2 aromatic heterocycles. The summed E-state index contributed by atoms with van der Waals surface area (Å²) in [4.78, 5) is 12.7. The number of methoxy groups -OCH3 is 1. The molecule has 2 heterocycles. The van der Waals surface area contributed by atoms with Crippen LogP contribution in [0.2, 0.25) is 15.1 Å². The van der Waals surface area contributed by atoms with Crippen molar-refractivity contribution in [1.82, 2.24) is 30.7 Å². The van der Waals surface area contributed by atoms with Gasteiger partial charge in [-0.3, -0.25) is 4.79 Å². The zero-order valence-electron chi connectivity index (χ0n) is 18.7. The second kappa shape index (κ2) is 10.8. The number of nitrogens with one attached hydrogen (secondary N) is 1. The monoisotopic (exact) mass is 550 g/mol. The number of aromatic nitrogens is 5. The zero-order valence-corrected chi connectivity index (χ0v) is 21.0. The van der Waals surface area contributed by atoms with Crippen molar-refractivity contribution in [3.05, 3.63) is 67.9 Å². The van der Waals surface area contributed by atoms with Gasteiger partial charge in [0.25, 0.3) is 5.91 Å². The Bertz CT molecular complexity index is 1430. The Morgan fingerprint density at radius 3 is 2.64 bits per heavy atom. The number of hydrogen-bond donors (Lipinski definition) is 2.